The molecule has 0 saturated carbocycles. The number of ether oxygens (including phenoxy) is 4. The van der Waals surface area contributed by atoms with Gasteiger partial charge in [-0.3, -0.25) is 28.8 Å². The van der Waals surface area contributed by atoms with Gasteiger partial charge in [0.1, 0.15) is 47.6 Å². The average Bonchev–Trinajstić information content (AvgIpc) is 0.937. The minimum atomic E-state index is -0.988. The number of piperidine rings is 4. The lowest BCUT2D eigenvalue weighted by Crippen LogP contribution is -2.64. The average molecular weight is 1850 g/mol. The monoisotopic (exact) mass is 1850 g/mol. The Hall–Kier alpha value is -8.50. The normalized spacial score (nSPS) is 22.6. The molecule has 12 N–H and O–H groups in total. The number of hydroxylamine groups is 8. The number of amides is 10. The fourth-order valence-corrected chi connectivity index (χ4v) is 20.4. The van der Waals surface area contributed by atoms with E-state index in [9.17, 15) is 68.8 Å². The molecule has 0 unspecified atom stereocenters. The molecule has 8 atom stereocenters. The van der Waals surface area contributed by atoms with Crippen LogP contribution >= 0.6 is 0 Å². The molecule has 0 bridgehead atoms. The second-order valence-corrected chi connectivity index (χ2v) is 45.6. The van der Waals surface area contributed by atoms with Crippen molar-refractivity contribution >= 4 is 59.8 Å². The van der Waals surface area contributed by atoms with Gasteiger partial charge in [-0.15, -0.1) is 0 Å². The number of carbonyl (C=O) groups excluding carboxylic acids is 10. The topological polar surface area (TPSA) is 404 Å². The molecule has 6 heterocycles. The summed E-state index contributed by atoms with van der Waals surface area (Å²) in [5, 5.41) is 72.4. The maximum absolute atomic E-state index is 14.7. The van der Waals surface area contributed by atoms with Crippen LogP contribution in [0.1, 0.15) is 307 Å². The third-order valence-corrected chi connectivity index (χ3v) is 25.8. The molecule has 0 aliphatic carbocycles. The lowest BCUT2D eigenvalue weighted by molar-refractivity contribution is -0.256. The van der Waals surface area contributed by atoms with Gasteiger partial charge in [-0.05, 0) is 278 Å². The molecule has 744 valence electrons. The van der Waals surface area contributed by atoms with E-state index in [0.29, 0.717) is 129 Å². The molecule has 0 spiro atoms. The number of nitrogens with zero attached hydrogens (tertiary/aromatic N) is 6. The Morgan fingerprint density at radius 1 is 0.409 bits per heavy atom. The van der Waals surface area contributed by atoms with Crippen molar-refractivity contribution in [2.24, 2.45) is 23.7 Å². The third kappa shape index (κ3) is 33.5. The van der Waals surface area contributed by atoms with E-state index < -0.39 is 152 Å². The molecule has 32 nitrogen and oxygen atoms in total. The Balaban J connectivity index is 0.000000361. The lowest BCUT2D eigenvalue weighted by atomic mass is 9.79. The van der Waals surface area contributed by atoms with Gasteiger partial charge in [0.05, 0.1) is 23.9 Å². The minimum absolute atomic E-state index is 0.176. The molecule has 10 amide bonds. The van der Waals surface area contributed by atoms with E-state index in [-0.39, 0.29) is 73.5 Å². The molecule has 6 fully saturated rings. The number of hydrogen-bond donors (Lipinski definition) is 12. The molecule has 6 saturated heterocycles. The third-order valence-electron chi connectivity index (χ3n) is 25.8. The van der Waals surface area contributed by atoms with Gasteiger partial charge in [0.2, 0.25) is 35.4 Å². The zero-order chi connectivity index (χ0) is 98.8. The fraction of sp³-hybridized carbons (Fsp3) is 0.740. The van der Waals surface area contributed by atoms with Gasteiger partial charge in [-0.25, -0.2) is 19.2 Å². The van der Waals surface area contributed by atoms with Gasteiger partial charge in [-0.1, -0.05) is 113 Å². The van der Waals surface area contributed by atoms with E-state index in [1.807, 2.05) is 196 Å². The highest BCUT2D eigenvalue weighted by atomic mass is 16.6. The molecule has 6 aliphatic rings. The van der Waals surface area contributed by atoms with Crippen LogP contribution in [0, 0.1) is 23.7 Å². The van der Waals surface area contributed by atoms with Gasteiger partial charge < -0.3 is 92.1 Å². The Morgan fingerprint density at radius 2 is 0.697 bits per heavy atom. The summed E-state index contributed by atoms with van der Waals surface area (Å²) in [7, 11) is 0. The fourth-order valence-electron chi connectivity index (χ4n) is 20.4. The van der Waals surface area contributed by atoms with Crippen molar-refractivity contribution in [1.29, 1.82) is 0 Å². The molecule has 132 heavy (non-hydrogen) atoms. The standard InChI is InChI=1S/2C50H83N7O9/c2*1-33(2)27-36(53-45(62)66-46(3,4)5)24-23-35(28-34-19-15-14-16-20-34)43(60)55-26-18-22-40(55)42(59)54-39(41(58)52-37-29-47(6,7)56(63)48(8,9)30-37)21-17-25-51-44(61)65-38-31-49(10,11)57(64)50(12,13)32-38/h2*14-16,19-20,23-24,33,35-40,63-64H,17-18,21-22,25-32H2,1-13H3,(H,51,61)(H,52,58)(H,53,62)(H,54,59)/b2*24-23+/t2*35-,36-,39+,40+/m11/s1. The summed E-state index contributed by atoms with van der Waals surface area (Å²) in [6.45, 7) is 50.6. The summed E-state index contributed by atoms with van der Waals surface area (Å²) in [5.74, 6) is -2.95. The Labute approximate surface area is 786 Å². The van der Waals surface area contributed by atoms with E-state index in [4.69, 9.17) is 18.9 Å². The number of nitrogens with one attached hydrogen (secondary N) is 8. The van der Waals surface area contributed by atoms with Crippen molar-refractivity contribution < 1.29 is 87.7 Å². The highest BCUT2D eigenvalue weighted by molar-refractivity contribution is 5.95. The van der Waals surface area contributed by atoms with Gasteiger partial charge in [0.25, 0.3) is 0 Å². The maximum atomic E-state index is 14.7. The largest absolute Gasteiger partial charge is 0.446 e. The van der Waals surface area contributed by atoms with E-state index in [2.05, 4.69) is 70.2 Å². The summed E-state index contributed by atoms with van der Waals surface area (Å²) in [4.78, 5) is 142. The van der Waals surface area contributed by atoms with Crippen LogP contribution in [-0.4, -0.2) is 253 Å². The first kappa shape index (κ1) is 111. The Kier molecular flexibility index (Phi) is 38.8. The quantitative estimate of drug-likeness (QED) is 0.0176. The number of alkyl carbamates (subject to hydrolysis) is 4. The van der Waals surface area contributed by atoms with E-state index in [1.54, 1.807) is 51.3 Å². The maximum Gasteiger partial charge on any atom is 0.408 e. The van der Waals surface area contributed by atoms with Gasteiger partial charge >= 0.3 is 24.4 Å². The number of hydrogen-bond acceptors (Lipinski definition) is 22. The van der Waals surface area contributed by atoms with Crippen molar-refractivity contribution in [1.82, 2.24) is 72.6 Å². The summed E-state index contributed by atoms with van der Waals surface area (Å²) < 4.78 is 22.7. The smallest absolute Gasteiger partial charge is 0.408 e. The van der Waals surface area contributed by atoms with Crippen molar-refractivity contribution in [2.75, 3.05) is 26.2 Å². The molecule has 2 aromatic carbocycles. The van der Waals surface area contributed by atoms with Crippen LogP contribution in [0.4, 0.5) is 19.2 Å². The first-order chi connectivity index (χ1) is 61.0. The molecule has 0 aromatic heterocycles. The van der Waals surface area contributed by atoms with Crippen molar-refractivity contribution in [3.05, 3.63) is 96.1 Å². The summed E-state index contributed by atoms with van der Waals surface area (Å²) in [6, 6.07) is 14.3. The van der Waals surface area contributed by atoms with Crippen LogP contribution in [0.25, 0.3) is 0 Å². The van der Waals surface area contributed by atoms with E-state index in [0.717, 1.165) is 11.1 Å². The summed E-state index contributed by atoms with van der Waals surface area (Å²) >= 11 is 0. The molecule has 32 heteroatoms. The molecular weight excluding hydrogens is 1690 g/mol. The highest BCUT2D eigenvalue weighted by Gasteiger charge is 2.52. The molecule has 2 aromatic rings. The molecule has 6 aliphatic heterocycles. The SMILES string of the molecule is CC(C)C[C@@H](/C=C/[C@H](Cc1ccccc1)C(=O)N1CCC[C@H]1C(=O)N[C@@H](CCCNC(=O)OC1CC(C)(C)N(O)C(C)(C)C1)C(=O)NC1CC(C)(C)N(O)C(C)(C)C1)NC(=O)OC(C)(C)C.CC(C)C[C@@H](/C=C/[C@H](Cc1ccccc1)C(=O)N1CCC[C@H]1C(=O)N[C@@H](CCCNC(=O)OC1CC(C)(C)N(O)C(C)(C)C1)C(=O)NC1CC(C)(C)N(O)C(C)(C)C1)NC(=O)OC(C)(C)C. The number of rotatable bonds is 34. The van der Waals surface area contributed by atoms with Crippen molar-refractivity contribution in [3.63, 3.8) is 0 Å². The van der Waals surface area contributed by atoms with Crippen LogP contribution in [0.3, 0.4) is 0 Å². The second-order valence-electron chi connectivity index (χ2n) is 45.6. The van der Waals surface area contributed by atoms with Gasteiger partial charge in [-0.2, -0.15) is 20.3 Å². The molecular formula is C100H166N14O18. The van der Waals surface area contributed by atoms with Gasteiger partial charge in [0.15, 0.2) is 0 Å². The lowest BCUT2D eigenvalue weighted by Gasteiger charge is -2.51. The second kappa shape index (κ2) is 46.4. The summed E-state index contributed by atoms with van der Waals surface area (Å²) in [6.07, 6.45) is 13.0. The van der Waals surface area contributed by atoms with Gasteiger partial charge in [0, 0.05) is 108 Å². The predicted molar refractivity (Wildman–Crippen MR) is 507 cm³/mol. The molecule has 8 rings (SSSR count). The van der Waals surface area contributed by atoms with Crippen molar-refractivity contribution in [3.8, 4) is 0 Å². The molecule has 0 radical (unpaired) electrons. The number of likely N-dealkylation sites (tertiary alicyclic amines) is 2. The minimum Gasteiger partial charge on any atom is -0.446 e. The Bertz CT molecular complexity index is 3880. The van der Waals surface area contributed by atoms with Crippen LogP contribution in [0.5, 0.6) is 0 Å². The van der Waals surface area contributed by atoms with Crippen LogP contribution in [-0.2, 0) is 60.6 Å². The van der Waals surface area contributed by atoms with E-state index in [1.165, 1.54) is 20.3 Å². The first-order valence-corrected chi connectivity index (χ1v) is 48.1. The van der Waals surface area contributed by atoms with E-state index >= 15 is 0 Å². The number of benzene rings is 2. The van der Waals surface area contributed by atoms with Crippen LogP contribution < -0.4 is 42.5 Å². The van der Waals surface area contributed by atoms with Crippen LogP contribution in [0.2, 0.25) is 0 Å². The zero-order valence-corrected chi connectivity index (χ0v) is 84.3. The highest BCUT2D eigenvalue weighted by Crippen LogP contribution is 2.42. The number of carbonyl (C=O) groups is 10. The predicted octanol–water partition coefficient (Wildman–Crippen LogP) is 14.5. The first-order valence-electron chi connectivity index (χ1n) is 48.1. The zero-order valence-electron chi connectivity index (χ0n) is 84.3. The summed E-state index contributed by atoms with van der Waals surface area (Å²) in [5.41, 5.74) is -4.38. The van der Waals surface area contributed by atoms with Crippen LogP contribution in [0.15, 0.2) is 85.0 Å². The van der Waals surface area contributed by atoms with Crippen molar-refractivity contribution in [2.45, 2.75) is 424 Å². The Morgan fingerprint density at radius 3 is 0.977 bits per heavy atom.